The van der Waals surface area contributed by atoms with Crippen molar-refractivity contribution in [3.05, 3.63) is 11.6 Å². The molecule has 1 heterocycles. The molecule has 0 aromatic heterocycles. The minimum absolute atomic E-state index is 0.815. The van der Waals surface area contributed by atoms with Crippen molar-refractivity contribution in [3.63, 3.8) is 0 Å². The van der Waals surface area contributed by atoms with Crippen LogP contribution in [0.5, 0.6) is 0 Å². The summed E-state index contributed by atoms with van der Waals surface area (Å²) < 4.78 is 0. The van der Waals surface area contributed by atoms with Crippen molar-refractivity contribution in [1.29, 1.82) is 0 Å². The Kier molecular flexibility index (Phi) is 2.34. The molecule has 0 amide bonds. The van der Waals surface area contributed by atoms with Crippen LogP contribution in [0.4, 0.5) is 0 Å². The summed E-state index contributed by atoms with van der Waals surface area (Å²) in [7, 11) is 0. The zero-order valence-electron chi connectivity index (χ0n) is 5.60. The average molecular weight is 142 g/mol. The second-order valence-corrected chi connectivity index (χ2v) is 2.91. The van der Waals surface area contributed by atoms with Gasteiger partial charge in [-0.15, -0.1) is 11.6 Å². The maximum absolute atomic E-state index is 4.93. The van der Waals surface area contributed by atoms with E-state index in [2.05, 4.69) is 11.5 Å². The SMILES string of the molecule is C=C([S-])N1CCCCC1. The van der Waals surface area contributed by atoms with Gasteiger partial charge in [-0.25, -0.2) is 0 Å². The predicted molar refractivity (Wildman–Crippen MR) is 41.9 cm³/mol. The van der Waals surface area contributed by atoms with Gasteiger partial charge >= 0.3 is 0 Å². The second kappa shape index (κ2) is 3.06. The smallest absolute Gasteiger partial charge is 0.0156 e. The second-order valence-electron chi connectivity index (χ2n) is 2.44. The van der Waals surface area contributed by atoms with Gasteiger partial charge in [0.15, 0.2) is 0 Å². The monoisotopic (exact) mass is 142 g/mol. The van der Waals surface area contributed by atoms with E-state index in [1.165, 1.54) is 19.3 Å². The van der Waals surface area contributed by atoms with Gasteiger partial charge in [0.25, 0.3) is 0 Å². The highest BCUT2D eigenvalue weighted by atomic mass is 32.1. The minimum Gasteiger partial charge on any atom is -0.763 e. The highest BCUT2D eigenvalue weighted by Crippen LogP contribution is 2.11. The van der Waals surface area contributed by atoms with Crippen LogP contribution in [0.2, 0.25) is 0 Å². The van der Waals surface area contributed by atoms with Crippen molar-refractivity contribution >= 4 is 12.6 Å². The molecule has 0 unspecified atom stereocenters. The summed E-state index contributed by atoms with van der Waals surface area (Å²) in [6.07, 6.45) is 3.93. The molecule has 0 radical (unpaired) electrons. The lowest BCUT2D eigenvalue weighted by atomic mass is 10.1. The minimum atomic E-state index is 0.815. The Bertz CT molecular complexity index is 105. The van der Waals surface area contributed by atoms with Crippen LogP contribution in [0.1, 0.15) is 19.3 Å². The molecule has 52 valence electrons. The summed E-state index contributed by atoms with van der Waals surface area (Å²) in [5, 5.41) is 0.815. The van der Waals surface area contributed by atoms with Gasteiger partial charge in [0.2, 0.25) is 0 Å². The first-order valence-electron chi connectivity index (χ1n) is 3.41. The number of piperidine rings is 1. The van der Waals surface area contributed by atoms with E-state index in [-0.39, 0.29) is 0 Å². The van der Waals surface area contributed by atoms with Crippen LogP contribution >= 0.6 is 0 Å². The van der Waals surface area contributed by atoms with Crippen LogP contribution in [0.25, 0.3) is 0 Å². The fraction of sp³-hybridized carbons (Fsp3) is 0.714. The predicted octanol–water partition coefficient (Wildman–Crippen LogP) is 1.49. The molecule has 1 saturated heterocycles. The first-order chi connectivity index (χ1) is 4.30. The van der Waals surface area contributed by atoms with Crippen molar-refractivity contribution in [2.24, 2.45) is 0 Å². The molecule has 0 N–H and O–H groups in total. The normalized spacial score (nSPS) is 19.8. The van der Waals surface area contributed by atoms with E-state index in [0.717, 1.165) is 18.1 Å². The molecule has 0 atom stereocenters. The summed E-state index contributed by atoms with van der Waals surface area (Å²) in [5.74, 6) is 0. The maximum atomic E-state index is 4.93. The number of hydrogen-bond acceptors (Lipinski definition) is 2. The molecule has 1 nitrogen and oxygen atoms in total. The Labute approximate surface area is 62.1 Å². The molecular formula is C7H12NS-. The summed E-state index contributed by atoms with van der Waals surface area (Å²) in [5.41, 5.74) is 0. The quantitative estimate of drug-likeness (QED) is 0.510. The van der Waals surface area contributed by atoms with Crippen LogP contribution in [-0.4, -0.2) is 18.0 Å². The average Bonchev–Trinajstić information content (AvgIpc) is 1.90. The van der Waals surface area contributed by atoms with Crippen LogP contribution in [0, 0.1) is 0 Å². The van der Waals surface area contributed by atoms with Crippen molar-refractivity contribution in [2.45, 2.75) is 19.3 Å². The lowest BCUT2D eigenvalue weighted by molar-refractivity contribution is 0.304. The Morgan fingerprint density at radius 3 is 2.11 bits per heavy atom. The number of rotatable bonds is 1. The van der Waals surface area contributed by atoms with Crippen molar-refractivity contribution in [2.75, 3.05) is 13.1 Å². The van der Waals surface area contributed by atoms with Gasteiger partial charge in [0, 0.05) is 13.1 Å². The molecular weight excluding hydrogens is 130 g/mol. The fourth-order valence-electron chi connectivity index (χ4n) is 1.14. The number of likely N-dealkylation sites (tertiary alicyclic amines) is 1. The Morgan fingerprint density at radius 1 is 1.22 bits per heavy atom. The fourth-order valence-corrected chi connectivity index (χ4v) is 1.33. The molecule has 1 fully saturated rings. The van der Waals surface area contributed by atoms with E-state index in [0.29, 0.717) is 0 Å². The van der Waals surface area contributed by atoms with Crippen LogP contribution in [0.3, 0.4) is 0 Å². The van der Waals surface area contributed by atoms with Gasteiger partial charge < -0.3 is 17.5 Å². The molecule has 2 heteroatoms. The van der Waals surface area contributed by atoms with E-state index in [9.17, 15) is 0 Å². The summed E-state index contributed by atoms with van der Waals surface area (Å²) in [6.45, 7) is 5.97. The molecule has 0 aromatic rings. The molecule has 0 aromatic carbocycles. The highest BCUT2D eigenvalue weighted by molar-refractivity contribution is 7.63. The van der Waals surface area contributed by atoms with E-state index < -0.39 is 0 Å². The van der Waals surface area contributed by atoms with E-state index in [1.54, 1.807) is 0 Å². The van der Waals surface area contributed by atoms with Crippen LogP contribution < -0.4 is 0 Å². The largest absolute Gasteiger partial charge is 0.763 e. The maximum Gasteiger partial charge on any atom is 0.0156 e. The lowest BCUT2D eigenvalue weighted by Gasteiger charge is -2.34. The van der Waals surface area contributed by atoms with Gasteiger partial charge in [0.1, 0.15) is 0 Å². The molecule has 1 rings (SSSR count). The summed E-state index contributed by atoms with van der Waals surface area (Å²) in [6, 6.07) is 0. The molecule has 0 aliphatic carbocycles. The van der Waals surface area contributed by atoms with Crippen molar-refractivity contribution < 1.29 is 0 Å². The molecule has 1 aliphatic rings. The summed E-state index contributed by atoms with van der Waals surface area (Å²) >= 11 is 4.93. The Morgan fingerprint density at radius 2 is 1.78 bits per heavy atom. The van der Waals surface area contributed by atoms with Gasteiger partial charge in [-0.05, 0) is 19.3 Å². The zero-order valence-corrected chi connectivity index (χ0v) is 6.41. The molecule has 1 aliphatic heterocycles. The molecule has 9 heavy (non-hydrogen) atoms. The topological polar surface area (TPSA) is 3.24 Å². The van der Waals surface area contributed by atoms with Gasteiger partial charge in [-0.1, -0.05) is 0 Å². The molecule has 0 spiro atoms. The van der Waals surface area contributed by atoms with Gasteiger partial charge in [-0.3, -0.25) is 0 Å². The third kappa shape index (κ3) is 1.86. The standard InChI is InChI=1S/C7H13NS/c1-7(9)8-5-3-2-4-6-8/h9H,1-6H2/p-1. The zero-order chi connectivity index (χ0) is 6.69. The van der Waals surface area contributed by atoms with Gasteiger partial charge in [-0.2, -0.15) is 0 Å². The Hall–Kier alpha value is -0.240. The van der Waals surface area contributed by atoms with Crippen molar-refractivity contribution in [3.8, 4) is 0 Å². The van der Waals surface area contributed by atoms with Crippen molar-refractivity contribution in [1.82, 2.24) is 4.90 Å². The summed E-state index contributed by atoms with van der Waals surface area (Å²) in [4.78, 5) is 2.18. The first kappa shape index (κ1) is 6.87. The Balaban J connectivity index is 2.31. The van der Waals surface area contributed by atoms with Crippen LogP contribution in [-0.2, 0) is 12.6 Å². The molecule has 0 saturated carbocycles. The first-order valence-corrected chi connectivity index (χ1v) is 3.82. The van der Waals surface area contributed by atoms with Gasteiger partial charge in [0.05, 0.1) is 0 Å². The van der Waals surface area contributed by atoms with E-state index in [4.69, 9.17) is 12.6 Å². The number of nitrogens with zero attached hydrogens (tertiary/aromatic N) is 1. The highest BCUT2D eigenvalue weighted by Gasteiger charge is 2.04. The lowest BCUT2D eigenvalue weighted by Crippen LogP contribution is -2.27. The van der Waals surface area contributed by atoms with E-state index in [1.807, 2.05) is 0 Å². The van der Waals surface area contributed by atoms with E-state index >= 15 is 0 Å². The third-order valence-corrected chi connectivity index (χ3v) is 1.97. The number of hydrogen-bond donors (Lipinski definition) is 0. The molecule has 0 bridgehead atoms. The van der Waals surface area contributed by atoms with Crippen LogP contribution in [0.15, 0.2) is 11.6 Å². The third-order valence-electron chi connectivity index (χ3n) is 1.71.